The van der Waals surface area contributed by atoms with E-state index in [2.05, 4.69) is 6.58 Å². The first-order valence-electron chi connectivity index (χ1n) is 6.28. The van der Waals surface area contributed by atoms with Gasteiger partial charge in [0.1, 0.15) is 5.75 Å². The molecule has 0 aliphatic carbocycles. The molecule has 0 spiro atoms. The zero-order valence-electron chi connectivity index (χ0n) is 12.5. The molecular weight excluding hydrogens is 192 g/mol. The summed E-state index contributed by atoms with van der Waals surface area (Å²) in [6, 6.07) is -1.48. The first-order chi connectivity index (χ1) is 8.63. The zero-order chi connectivity index (χ0) is 15.0. The third-order valence-corrected chi connectivity index (χ3v) is 1.70. The van der Waals surface area contributed by atoms with Gasteiger partial charge in [-0.15, -0.1) is 0 Å². The predicted molar refractivity (Wildman–Crippen MR) is 58.9 cm³/mol. The molecule has 0 saturated carbocycles. The molecular formula is C12H14O3. The maximum Gasteiger partial charge on any atom is 0.347 e. The molecule has 80 valence electrons. The molecule has 0 amide bonds. The van der Waals surface area contributed by atoms with Gasteiger partial charge in [-0.25, -0.2) is 4.79 Å². The number of ether oxygens (including phenoxy) is 1. The van der Waals surface area contributed by atoms with E-state index in [1.165, 1.54) is 19.9 Å². The van der Waals surface area contributed by atoms with Crippen LogP contribution in [0.5, 0.6) is 5.75 Å². The molecule has 15 heavy (non-hydrogen) atoms. The van der Waals surface area contributed by atoms with Crippen molar-refractivity contribution in [2.24, 2.45) is 0 Å². The van der Waals surface area contributed by atoms with Crippen molar-refractivity contribution in [1.29, 1.82) is 0 Å². The van der Waals surface area contributed by atoms with E-state index in [9.17, 15) is 4.79 Å². The summed E-state index contributed by atoms with van der Waals surface area (Å²) in [6.45, 7) is 5.96. The molecule has 0 radical (unpaired) electrons. The van der Waals surface area contributed by atoms with Crippen LogP contribution < -0.4 is 4.74 Å². The maximum atomic E-state index is 11.0. The Balaban J connectivity index is 3.46. The van der Waals surface area contributed by atoms with Crippen molar-refractivity contribution in [1.82, 2.24) is 0 Å². The molecule has 1 aromatic rings. The van der Waals surface area contributed by atoms with E-state index in [1.54, 1.807) is 0 Å². The van der Waals surface area contributed by atoms with Crippen LogP contribution in [-0.4, -0.2) is 16.7 Å². The lowest BCUT2D eigenvalue weighted by Crippen LogP contribution is -2.37. The summed E-state index contributed by atoms with van der Waals surface area (Å²) in [5.74, 6) is -1.65. The number of carboxylic acid groups (broad SMARTS) is 1. The summed E-state index contributed by atoms with van der Waals surface area (Å²) in [4.78, 5) is 11.0. The highest BCUT2D eigenvalue weighted by Crippen LogP contribution is 2.19. The molecule has 1 rings (SSSR count). The van der Waals surface area contributed by atoms with Gasteiger partial charge in [0.2, 0.25) is 0 Å². The molecule has 1 aromatic carbocycles. The van der Waals surface area contributed by atoms with Gasteiger partial charge < -0.3 is 9.84 Å². The van der Waals surface area contributed by atoms with Gasteiger partial charge in [-0.05, 0) is 31.5 Å². The van der Waals surface area contributed by atoms with E-state index in [1.807, 2.05) is 0 Å². The zero-order valence-corrected chi connectivity index (χ0v) is 8.55. The Bertz CT molecular complexity index is 523. The van der Waals surface area contributed by atoms with Crippen molar-refractivity contribution in [3.63, 3.8) is 0 Å². The molecule has 0 aliphatic heterocycles. The second kappa shape index (κ2) is 4.17. The highest BCUT2D eigenvalue weighted by molar-refractivity contribution is 5.76. The smallest absolute Gasteiger partial charge is 0.347 e. The van der Waals surface area contributed by atoms with Crippen LogP contribution >= 0.6 is 0 Å². The Morgan fingerprint density at radius 2 is 2.07 bits per heavy atom. The number of hydrogen-bond donors (Lipinski definition) is 1. The number of aliphatic carboxylic acids is 1. The fourth-order valence-electron chi connectivity index (χ4n) is 0.763. The Labute approximate surface area is 94.6 Å². The van der Waals surface area contributed by atoms with Gasteiger partial charge in [0.05, 0.1) is 5.48 Å². The number of rotatable bonds is 4. The lowest BCUT2D eigenvalue weighted by atomic mass is 10.1. The number of benzene rings is 1. The van der Waals surface area contributed by atoms with Gasteiger partial charge >= 0.3 is 5.97 Å². The Morgan fingerprint density at radius 3 is 2.47 bits per heavy atom. The third kappa shape index (κ3) is 2.84. The first-order valence-corrected chi connectivity index (χ1v) is 4.28. The van der Waals surface area contributed by atoms with Crippen molar-refractivity contribution in [2.75, 3.05) is 0 Å². The van der Waals surface area contributed by atoms with Crippen molar-refractivity contribution < 1.29 is 20.1 Å². The minimum Gasteiger partial charge on any atom is -0.478 e. The topological polar surface area (TPSA) is 46.5 Å². The molecule has 0 atom stereocenters. The summed E-state index contributed by atoms with van der Waals surface area (Å²) in [5, 5.41) is 8.97. The van der Waals surface area contributed by atoms with Crippen molar-refractivity contribution in [3.8, 4) is 5.75 Å². The minimum atomic E-state index is -1.65. The number of carboxylic acids is 1. The summed E-state index contributed by atoms with van der Waals surface area (Å²) < 4.78 is 36.0. The predicted octanol–water partition coefficient (Wildman–Crippen LogP) is 2.57. The van der Waals surface area contributed by atoms with E-state index in [0.29, 0.717) is 0 Å². The SMILES string of the molecule is [2H]c1c([2H])c(OC(C)(C)C(=O)O)c([2H])c([2H])c1C=C. The van der Waals surface area contributed by atoms with Gasteiger partial charge in [0.25, 0.3) is 0 Å². The standard InChI is InChI=1S/C12H14O3/c1-4-9-5-7-10(8-6-9)15-12(2,3)11(13)14/h4-8H,1H2,2-3H3,(H,13,14)/i5D,6D,7D,8D. The highest BCUT2D eigenvalue weighted by atomic mass is 16.5. The Hall–Kier alpha value is -1.77. The molecule has 3 nitrogen and oxygen atoms in total. The molecule has 0 aliphatic rings. The normalized spacial score (nSPS) is 14.5. The van der Waals surface area contributed by atoms with Crippen LogP contribution in [0.1, 0.15) is 24.9 Å². The Morgan fingerprint density at radius 1 is 1.53 bits per heavy atom. The molecule has 0 unspecified atom stereocenters. The average Bonchev–Trinajstić information content (AvgIpc) is 2.33. The average molecular weight is 210 g/mol. The van der Waals surface area contributed by atoms with Crippen LogP contribution in [0.2, 0.25) is 0 Å². The first kappa shape index (κ1) is 6.67. The number of hydrogen-bond acceptors (Lipinski definition) is 2. The van der Waals surface area contributed by atoms with Gasteiger partial charge in [-0.1, -0.05) is 24.7 Å². The summed E-state index contributed by atoms with van der Waals surface area (Å²) in [5.41, 5.74) is -1.60. The summed E-state index contributed by atoms with van der Waals surface area (Å²) in [6.07, 6.45) is 1.22. The van der Waals surface area contributed by atoms with Gasteiger partial charge in [0.15, 0.2) is 5.60 Å². The molecule has 0 aromatic heterocycles. The van der Waals surface area contributed by atoms with Crippen LogP contribution in [0.25, 0.3) is 6.08 Å². The number of carbonyl (C=O) groups is 1. The maximum absolute atomic E-state index is 11.0. The second-order valence-corrected chi connectivity index (χ2v) is 3.36. The molecule has 1 N–H and O–H groups in total. The minimum absolute atomic E-state index is 0.0514. The molecule has 0 heterocycles. The van der Waals surface area contributed by atoms with E-state index in [4.69, 9.17) is 15.3 Å². The molecule has 0 fully saturated rings. The molecule has 0 saturated heterocycles. The lowest BCUT2D eigenvalue weighted by Gasteiger charge is -2.21. The van der Waals surface area contributed by atoms with Gasteiger partial charge in [0, 0.05) is 0 Å². The van der Waals surface area contributed by atoms with E-state index >= 15 is 0 Å². The van der Waals surface area contributed by atoms with Crippen molar-refractivity contribution >= 4 is 12.0 Å². The van der Waals surface area contributed by atoms with Gasteiger partial charge in [-0.2, -0.15) is 0 Å². The quantitative estimate of drug-likeness (QED) is 0.830. The fraction of sp³-hybridized carbons (Fsp3) is 0.250. The van der Waals surface area contributed by atoms with Crippen LogP contribution in [0, 0.1) is 0 Å². The monoisotopic (exact) mass is 210 g/mol. The van der Waals surface area contributed by atoms with Crippen molar-refractivity contribution in [2.45, 2.75) is 19.4 Å². The summed E-state index contributed by atoms with van der Waals surface area (Å²) in [7, 11) is 0. The van der Waals surface area contributed by atoms with E-state index < -0.39 is 23.7 Å². The van der Waals surface area contributed by atoms with Crippen LogP contribution in [0.3, 0.4) is 0 Å². The largest absolute Gasteiger partial charge is 0.478 e. The van der Waals surface area contributed by atoms with Crippen LogP contribution in [0.15, 0.2) is 30.7 Å². The lowest BCUT2D eigenvalue weighted by molar-refractivity contribution is -0.152. The third-order valence-electron chi connectivity index (χ3n) is 1.70. The van der Waals surface area contributed by atoms with Gasteiger partial charge in [-0.3, -0.25) is 0 Å². The summed E-state index contributed by atoms with van der Waals surface area (Å²) >= 11 is 0. The van der Waals surface area contributed by atoms with E-state index in [0.717, 1.165) is 0 Å². The van der Waals surface area contributed by atoms with Crippen LogP contribution in [0.4, 0.5) is 0 Å². The molecule has 3 heteroatoms. The van der Waals surface area contributed by atoms with Crippen molar-refractivity contribution in [3.05, 3.63) is 36.3 Å². The second-order valence-electron chi connectivity index (χ2n) is 3.36. The fourth-order valence-corrected chi connectivity index (χ4v) is 0.763. The Kier molecular flexibility index (Phi) is 1.85. The van der Waals surface area contributed by atoms with Crippen LogP contribution in [-0.2, 0) is 4.79 Å². The molecule has 0 bridgehead atoms. The highest BCUT2D eigenvalue weighted by Gasteiger charge is 2.29. The van der Waals surface area contributed by atoms with E-state index in [-0.39, 0.29) is 23.4 Å².